The highest BCUT2D eigenvalue weighted by molar-refractivity contribution is 6.35. The van der Waals surface area contributed by atoms with Crippen LogP contribution in [0.4, 0.5) is 5.82 Å². The number of aryl methyl sites for hydroxylation is 2. The predicted octanol–water partition coefficient (Wildman–Crippen LogP) is 6.28. The Morgan fingerprint density at radius 2 is 1.91 bits per heavy atom. The molecule has 164 valence electrons. The van der Waals surface area contributed by atoms with Gasteiger partial charge in [0.25, 0.3) is 5.91 Å². The van der Waals surface area contributed by atoms with Crippen LogP contribution in [-0.4, -0.2) is 15.7 Å². The van der Waals surface area contributed by atoms with Crippen LogP contribution in [0.3, 0.4) is 0 Å². The minimum atomic E-state index is -0.388. The van der Waals surface area contributed by atoms with E-state index in [0.717, 1.165) is 22.6 Å². The lowest BCUT2D eigenvalue weighted by Crippen LogP contribution is -2.12. The smallest absolute Gasteiger partial charge is 0.292 e. The van der Waals surface area contributed by atoms with Crippen LogP contribution in [0.25, 0.3) is 0 Å². The maximum Gasteiger partial charge on any atom is 0.292 e. The normalized spacial score (nSPS) is 10.9. The summed E-state index contributed by atoms with van der Waals surface area (Å²) in [4.78, 5) is 12.6. The highest BCUT2D eigenvalue weighted by atomic mass is 35.5. The van der Waals surface area contributed by atoms with E-state index in [2.05, 4.69) is 10.4 Å². The lowest BCUT2D eigenvalue weighted by Gasteiger charge is -2.07. The molecule has 0 aliphatic heterocycles. The van der Waals surface area contributed by atoms with Crippen molar-refractivity contribution in [2.45, 2.75) is 27.0 Å². The van der Waals surface area contributed by atoms with Crippen molar-refractivity contribution >= 4 is 34.9 Å². The molecule has 2 heterocycles. The lowest BCUT2D eigenvalue weighted by molar-refractivity contribution is 0.0992. The van der Waals surface area contributed by atoms with Crippen LogP contribution >= 0.6 is 23.2 Å². The Hall–Kier alpha value is -3.22. The Morgan fingerprint density at radius 1 is 1.09 bits per heavy atom. The highest BCUT2D eigenvalue weighted by Crippen LogP contribution is 2.23. The third-order valence-electron chi connectivity index (χ3n) is 4.91. The second-order valence-electron chi connectivity index (χ2n) is 7.34. The number of nitrogens with one attached hydrogen (secondary N) is 1. The average molecular weight is 470 g/mol. The number of furan rings is 1. The minimum absolute atomic E-state index is 0.182. The van der Waals surface area contributed by atoms with Gasteiger partial charge in [-0.3, -0.25) is 9.48 Å². The Morgan fingerprint density at radius 3 is 2.69 bits per heavy atom. The monoisotopic (exact) mass is 469 g/mol. The number of benzene rings is 2. The van der Waals surface area contributed by atoms with Crippen LogP contribution in [0.2, 0.25) is 10.0 Å². The molecule has 4 aromatic rings. The Kier molecular flexibility index (Phi) is 6.53. The molecular formula is C24H21Cl2N3O3. The maximum absolute atomic E-state index is 12.6. The topological polar surface area (TPSA) is 69.3 Å². The number of anilines is 1. The molecule has 1 amide bonds. The molecule has 8 heteroatoms. The quantitative estimate of drug-likeness (QED) is 0.345. The standard InChI is InChI=1S/C24H21Cl2N3O3/c1-15-5-3-4-6-21(15)31-14-19-9-10-22(32-19)24(30)27-23-11-16(2)29(28-23)13-17-7-8-18(25)12-20(17)26/h3-12H,13-14H2,1-2H3,(H,27,28,30). The van der Waals surface area contributed by atoms with Crippen LogP contribution in [0.15, 0.2) is 65.1 Å². The van der Waals surface area contributed by atoms with Gasteiger partial charge in [0.1, 0.15) is 18.1 Å². The van der Waals surface area contributed by atoms with Gasteiger partial charge in [-0.2, -0.15) is 5.10 Å². The summed E-state index contributed by atoms with van der Waals surface area (Å²) in [6.07, 6.45) is 0. The first-order chi connectivity index (χ1) is 15.4. The zero-order valence-electron chi connectivity index (χ0n) is 17.6. The Bertz CT molecular complexity index is 1260. The van der Waals surface area contributed by atoms with Crippen molar-refractivity contribution in [3.8, 4) is 5.75 Å². The van der Waals surface area contributed by atoms with Crippen molar-refractivity contribution in [1.29, 1.82) is 0 Å². The highest BCUT2D eigenvalue weighted by Gasteiger charge is 2.15. The molecule has 0 atom stereocenters. The fourth-order valence-corrected chi connectivity index (χ4v) is 3.63. The van der Waals surface area contributed by atoms with Gasteiger partial charge in [0, 0.05) is 21.8 Å². The molecule has 0 radical (unpaired) electrons. The average Bonchev–Trinajstić information content (AvgIpc) is 3.36. The molecule has 2 aromatic heterocycles. The first-order valence-corrected chi connectivity index (χ1v) is 10.7. The number of amides is 1. The number of halogens is 2. The minimum Gasteiger partial charge on any atom is -0.485 e. The van der Waals surface area contributed by atoms with Crippen molar-refractivity contribution in [3.63, 3.8) is 0 Å². The molecule has 2 aromatic carbocycles. The number of carbonyl (C=O) groups is 1. The molecular weight excluding hydrogens is 449 g/mol. The van der Waals surface area contributed by atoms with Crippen LogP contribution in [0, 0.1) is 13.8 Å². The largest absolute Gasteiger partial charge is 0.485 e. The van der Waals surface area contributed by atoms with E-state index in [-0.39, 0.29) is 18.3 Å². The van der Waals surface area contributed by atoms with E-state index < -0.39 is 0 Å². The van der Waals surface area contributed by atoms with Crippen molar-refractivity contribution in [3.05, 3.63) is 99.1 Å². The number of rotatable bonds is 7. The third-order valence-corrected chi connectivity index (χ3v) is 5.49. The summed E-state index contributed by atoms with van der Waals surface area (Å²) in [5, 5.41) is 8.36. The van der Waals surface area contributed by atoms with Crippen LogP contribution in [0.1, 0.15) is 33.1 Å². The lowest BCUT2D eigenvalue weighted by atomic mass is 10.2. The van der Waals surface area contributed by atoms with Crippen LogP contribution in [-0.2, 0) is 13.2 Å². The van der Waals surface area contributed by atoms with Crippen LogP contribution in [0.5, 0.6) is 5.75 Å². The molecule has 0 fully saturated rings. The predicted molar refractivity (Wildman–Crippen MR) is 125 cm³/mol. The second kappa shape index (κ2) is 9.51. The molecule has 0 saturated heterocycles. The number of hydrogen-bond acceptors (Lipinski definition) is 4. The molecule has 0 bridgehead atoms. The van der Waals surface area contributed by atoms with E-state index in [1.54, 1.807) is 35.0 Å². The van der Waals surface area contributed by atoms with Gasteiger partial charge in [0.15, 0.2) is 11.6 Å². The molecule has 0 spiro atoms. The van der Waals surface area contributed by atoms with Gasteiger partial charge in [0.05, 0.1) is 6.54 Å². The molecule has 6 nitrogen and oxygen atoms in total. The number of nitrogens with zero attached hydrogens (tertiary/aromatic N) is 2. The Labute approximate surface area is 195 Å². The fourth-order valence-electron chi connectivity index (χ4n) is 3.17. The van der Waals surface area contributed by atoms with Crippen molar-refractivity contribution < 1.29 is 13.9 Å². The van der Waals surface area contributed by atoms with E-state index in [9.17, 15) is 4.79 Å². The van der Waals surface area contributed by atoms with Gasteiger partial charge >= 0.3 is 0 Å². The van der Waals surface area contributed by atoms with Gasteiger partial charge in [-0.1, -0.05) is 47.5 Å². The van der Waals surface area contributed by atoms with E-state index in [4.69, 9.17) is 32.4 Å². The zero-order valence-corrected chi connectivity index (χ0v) is 19.1. The van der Waals surface area contributed by atoms with Gasteiger partial charge in [-0.25, -0.2) is 0 Å². The van der Waals surface area contributed by atoms with Crippen molar-refractivity contribution in [2.24, 2.45) is 0 Å². The number of para-hydroxylation sites is 1. The van der Waals surface area contributed by atoms with Crippen molar-refractivity contribution in [2.75, 3.05) is 5.32 Å². The summed E-state index contributed by atoms with van der Waals surface area (Å²) in [7, 11) is 0. The van der Waals surface area contributed by atoms with Crippen molar-refractivity contribution in [1.82, 2.24) is 9.78 Å². The maximum atomic E-state index is 12.6. The summed E-state index contributed by atoms with van der Waals surface area (Å²) in [5.74, 6) is 1.54. The number of ether oxygens (including phenoxy) is 1. The first kappa shape index (κ1) is 22.0. The van der Waals surface area contributed by atoms with Gasteiger partial charge in [-0.15, -0.1) is 0 Å². The Balaban J connectivity index is 1.39. The zero-order chi connectivity index (χ0) is 22.7. The third kappa shape index (κ3) is 5.15. The number of hydrogen-bond donors (Lipinski definition) is 1. The van der Waals surface area contributed by atoms with E-state index >= 15 is 0 Å². The van der Waals surface area contributed by atoms with Crippen LogP contribution < -0.4 is 10.1 Å². The fraction of sp³-hybridized carbons (Fsp3) is 0.167. The van der Waals surface area contributed by atoms with Gasteiger partial charge in [0.2, 0.25) is 0 Å². The summed E-state index contributed by atoms with van der Waals surface area (Å²) in [5.41, 5.74) is 2.78. The molecule has 1 N–H and O–H groups in total. The molecule has 32 heavy (non-hydrogen) atoms. The van der Waals surface area contributed by atoms with Gasteiger partial charge in [-0.05, 0) is 55.3 Å². The first-order valence-electron chi connectivity index (χ1n) is 9.96. The molecule has 0 aliphatic carbocycles. The summed E-state index contributed by atoms with van der Waals surface area (Å²) in [6.45, 7) is 4.56. The number of carbonyl (C=O) groups excluding carboxylic acids is 1. The van der Waals surface area contributed by atoms with E-state index in [1.165, 1.54) is 0 Å². The van der Waals surface area contributed by atoms with E-state index in [0.29, 0.717) is 28.2 Å². The summed E-state index contributed by atoms with van der Waals surface area (Å²) in [6, 6.07) is 18.2. The second-order valence-corrected chi connectivity index (χ2v) is 8.18. The van der Waals surface area contributed by atoms with E-state index in [1.807, 2.05) is 44.2 Å². The van der Waals surface area contributed by atoms with Gasteiger partial charge < -0.3 is 14.5 Å². The SMILES string of the molecule is Cc1ccccc1OCc1ccc(C(=O)Nc2cc(C)n(Cc3ccc(Cl)cc3Cl)n2)o1. The molecule has 0 unspecified atom stereocenters. The molecule has 4 rings (SSSR count). The molecule has 0 aliphatic rings. The molecule has 0 saturated carbocycles. The summed E-state index contributed by atoms with van der Waals surface area (Å²) < 4.78 is 13.2. The number of aromatic nitrogens is 2. The summed E-state index contributed by atoms with van der Waals surface area (Å²) >= 11 is 12.2.